The van der Waals surface area contributed by atoms with E-state index in [1.807, 2.05) is 0 Å². The van der Waals surface area contributed by atoms with E-state index in [-0.39, 0.29) is 32.7 Å². The molecule has 0 aliphatic rings. The summed E-state index contributed by atoms with van der Waals surface area (Å²) in [4.78, 5) is 24.7. The Morgan fingerprint density at radius 3 is 2.21 bits per heavy atom. The van der Waals surface area contributed by atoms with Gasteiger partial charge >= 0.3 is 5.97 Å². The Kier molecular flexibility index (Phi) is 8.91. The van der Waals surface area contributed by atoms with E-state index in [9.17, 15) is 18.0 Å². The van der Waals surface area contributed by atoms with Crippen molar-refractivity contribution in [3.8, 4) is 17.2 Å². The van der Waals surface area contributed by atoms with Gasteiger partial charge in [-0.1, -0.05) is 11.6 Å². The molecule has 0 bridgehead atoms. The number of esters is 1. The molecule has 1 amide bonds. The van der Waals surface area contributed by atoms with Gasteiger partial charge in [0.1, 0.15) is 5.75 Å². The van der Waals surface area contributed by atoms with Gasteiger partial charge in [0.25, 0.3) is 0 Å². The van der Waals surface area contributed by atoms with E-state index in [1.54, 1.807) is 6.92 Å². The Morgan fingerprint density at radius 1 is 1.03 bits per heavy atom. The van der Waals surface area contributed by atoms with Gasteiger partial charge in [0, 0.05) is 19.2 Å². The first-order valence-electron chi connectivity index (χ1n) is 9.61. The SMILES string of the molecule is CCOc1ccc(S(=O)(=O)N(C)CC(=O)Nc2cc(OC)c(OC)cc2C(=O)OC)cc1Cl. The number of ether oxygens (including phenoxy) is 4. The number of hydrogen-bond acceptors (Lipinski definition) is 8. The molecule has 0 atom stereocenters. The van der Waals surface area contributed by atoms with Crippen molar-refractivity contribution in [1.82, 2.24) is 4.31 Å². The van der Waals surface area contributed by atoms with Crippen molar-refractivity contribution in [3.63, 3.8) is 0 Å². The van der Waals surface area contributed by atoms with Crippen molar-refractivity contribution in [3.05, 3.63) is 40.9 Å². The van der Waals surface area contributed by atoms with E-state index < -0.39 is 28.4 Å². The zero-order chi connectivity index (χ0) is 24.8. The zero-order valence-electron chi connectivity index (χ0n) is 18.8. The van der Waals surface area contributed by atoms with Gasteiger partial charge < -0.3 is 24.3 Å². The van der Waals surface area contributed by atoms with Gasteiger partial charge in [0.2, 0.25) is 15.9 Å². The van der Waals surface area contributed by atoms with Gasteiger partial charge in [-0.2, -0.15) is 4.31 Å². The molecule has 12 heteroatoms. The molecule has 0 aromatic heterocycles. The van der Waals surface area contributed by atoms with Crippen LogP contribution in [0.3, 0.4) is 0 Å². The monoisotopic (exact) mass is 500 g/mol. The van der Waals surface area contributed by atoms with Gasteiger partial charge in [0.15, 0.2) is 11.5 Å². The summed E-state index contributed by atoms with van der Waals surface area (Å²) in [6.07, 6.45) is 0. The summed E-state index contributed by atoms with van der Waals surface area (Å²) < 4.78 is 47.0. The predicted molar refractivity (Wildman–Crippen MR) is 122 cm³/mol. The molecule has 0 aliphatic heterocycles. The fourth-order valence-electron chi connectivity index (χ4n) is 2.83. The van der Waals surface area contributed by atoms with Crippen LogP contribution in [0.1, 0.15) is 17.3 Å². The van der Waals surface area contributed by atoms with Crippen LogP contribution in [-0.4, -0.2) is 66.1 Å². The molecule has 2 aromatic carbocycles. The molecule has 10 nitrogen and oxygen atoms in total. The van der Waals surface area contributed by atoms with Gasteiger partial charge in [-0.3, -0.25) is 4.79 Å². The number of carbonyl (C=O) groups is 2. The Morgan fingerprint density at radius 2 is 1.67 bits per heavy atom. The fourth-order valence-corrected chi connectivity index (χ4v) is 4.29. The van der Waals surface area contributed by atoms with E-state index in [0.717, 1.165) is 4.31 Å². The van der Waals surface area contributed by atoms with E-state index in [4.69, 9.17) is 30.5 Å². The van der Waals surface area contributed by atoms with Crippen LogP contribution in [0.2, 0.25) is 5.02 Å². The van der Waals surface area contributed by atoms with Gasteiger partial charge in [0.05, 0.1) is 55.6 Å². The van der Waals surface area contributed by atoms with Crippen LogP contribution in [0.5, 0.6) is 17.2 Å². The van der Waals surface area contributed by atoms with E-state index in [1.165, 1.54) is 58.7 Å². The van der Waals surface area contributed by atoms with Crippen molar-refractivity contribution in [2.24, 2.45) is 0 Å². The number of rotatable bonds is 10. The summed E-state index contributed by atoms with van der Waals surface area (Å²) in [6.45, 7) is 1.61. The number of nitrogens with zero attached hydrogens (tertiary/aromatic N) is 1. The molecule has 1 N–H and O–H groups in total. The van der Waals surface area contributed by atoms with Gasteiger partial charge in [-0.15, -0.1) is 0 Å². The molecule has 0 unspecified atom stereocenters. The third-order valence-electron chi connectivity index (χ3n) is 4.48. The molecule has 0 radical (unpaired) electrons. The Bertz CT molecular complexity index is 1140. The number of likely N-dealkylation sites (N-methyl/N-ethyl adjacent to an activating group) is 1. The Hall–Kier alpha value is -3.02. The minimum Gasteiger partial charge on any atom is -0.493 e. The number of amides is 1. The van der Waals surface area contributed by atoms with Crippen LogP contribution >= 0.6 is 11.6 Å². The molecule has 0 spiro atoms. The minimum absolute atomic E-state index is 0.00676. The molecule has 0 saturated heterocycles. The predicted octanol–water partition coefficient (Wildman–Crippen LogP) is 2.80. The maximum Gasteiger partial charge on any atom is 0.340 e. The Labute approximate surface area is 197 Å². The third kappa shape index (κ3) is 6.06. The summed E-state index contributed by atoms with van der Waals surface area (Å²) in [5.41, 5.74) is 0.0757. The van der Waals surface area contributed by atoms with Crippen molar-refractivity contribution in [1.29, 1.82) is 0 Å². The zero-order valence-corrected chi connectivity index (χ0v) is 20.4. The average molecular weight is 501 g/mol. The summed E-state index contributed by atoms with van der Waals surface area (Å²) in [7, 11) is 1.18. The van der Waals surface area contributed by atoms with Crippen LogP contribution in [0.25, 0.3) is 0 Å². The molecule has 0 fully saturated rings. The largest absolute Gasteiger partial charge is 0.493 e. The topological polar surface area (TPSA) is 120 Å². The molecule has 0 heterocycles. The second-order valence-corrected chi connectivity index (χ2v) is 9.03. The van der Waals surface area contributed by atoms with Crippen molar-refractivity contribution >= 4 is 39.2 Å². The minimum atomic E-state index is -4.04. The molecule has 2 rings (SSSR count). The molecule has 33 heavy (non-hydrogen) atoms. The quantitative estimate of drug-likeness (QED) is 0.494. The molecule has 0 aliphatic carbocycles. The standard InChI is InChI=1S/C21H25ClN2O8S/c1-6-32-17-8-7-13(9-15(17)22)33(27,28)24(2)12-20(25)23-16-11-19(30-4)18(29-3)10-14(16)21(26)31-5/h7-11H,6,12H2,1-5H3,(H,23,25). The second kappa shape index (κ2) is 11.2. The van der Waals surface area contributed by atoms with Crippen LogP contribution in [-0.2, 0) is 19.6 Å². The highest BCUT2D eigenvalue weighted by Crippen LogP contribution is 2.34. The number of methoxy groups -OCH3 is 3. The van der Waals surface area contributed by atoms with Crippen molar-refractivity contribution in [2.45, 2.75) is 11.8 Å². The molecule has 180 valence electrons. The highest BCUT2D eigenvalue weighted by atomic mass is 35.5. The Balaban J connectivity index is 2.26. The molecular weight excluding hydrogens is 476 g/mol. The van der Waals surface area contributed by atoms with E-state index in [2.05, 4.69) is 5.32 Å². The fraction of sp³-hybridized carbons (Fsp3) is 0.333. The van der Waals surface area contributed by atoms with Crippen LogP contribution in [0, 0.1) is 0 Å². The first-order chi connectivity index (χ1) is 15.6. The number of sulfonamides is 1. The summed E-state index contributed by atoms with van der Waals surface area (Å²) in [6, 6.07) is 6.76. The highest BCUT2D eigenvalue weighted by Gasteiger charge is 2.25. The molecule has 0 saturated carbocycles. The number of anilines is 1. The number of halogens is 1. The summed E-state index contributed by atoms with van der Waals surface area (Å²) in [5.74, 6) is -0.567. The second-order valence-electron chi connectivity index (χ2n) is 6.58. The lowest BCUT2D eigenvalue weighted by Gasteiger charge is -2.19. The first-order valence-corrected chi connectivity index (χ1v) is 11.4. The lowest BCUT2D eigenvalue weighted by molar-refractivity contribution is -0.116. The van der Waals surface area contributed by atoms with E-state index in [0.29, 0.717) is 12.4 Å². The first kappa shape index (κ1) is 26.2. The number of carbonyl (C=O) groups excluding carboxylic acids is 2. The van der Waals surface area contributed by atoms with Gasteiger partial charge in [-0.25, -0.2) is 13.2 Å². The average Bonchev–Trinajstić information content (AvgIpc) is 2.79. The lowest BCUT2D eigenvalue weighted by Crippen LogP contribution is -2.35. The number of benzene rings is 2. The summed E-state index contributed by atoms with van der Waals surface area (Å²) >= 11 is 6.09. The smallest absolute Gasteiger partial charge is 0.340 e. The van der Waals surface area contributed by atoms with Crippen LogP contribution in [0.4, 0.5) is 5.69 Å². The summed E-state index contributed by atoms with van der Waals surface area (Å²) in [5, 5.41) is 2.64. The normalized spacial score (nSPS) is 11.1. The van der Waals surface area contributed by atoms with Crippen LogP contribution < -0.4 is 19.5 Å². The highest BCUT2D eigenvalue weighted by molar-refractivity contribution is 7.89. The third-order valence-corrected chi connectivity index (χ3v) is 6.58. The molecule has 2 aromatic rings. The van der Waals surface area contributed by atoms with Gasteiger partial charge in [-0.05, 0) is 25.1 Å². The van der Waals surface area contributed by atoms with Crippen molar-refractivity contribution in [2.75, 3.05) is 46.8 Å². The van der Waals surface area contributed by atoms with E-state index >= 15 is 0 Å². The lowest BCUT2D eigenvalue weighted by atomic mass is 10.1. The number of hydrogen-bond donors (Lipinski definition) is 1. The van der Waals surface area contributed by atoms with Crippen LogP contribution in [0.15, 0.2) is 35.2 Å². The number of nitrogens with one attached hydrogen (secondary N) is 1. The maximum atomic E-state index is 12.9. The van der Waals surface area contributed by atoms with Crippen molar-refractivity contribution < 1.29 is 37.0 Å². The maximum absolute atomic E-state index is 12.9. The molecular formula is C21H25ClN2O8S.